The van der Waals surface area contributed by atoms with Crippen LogP contribution in [0.15, 0.2) is 12.1 Å². The van der Waals surface area contributed by atoms with Gasteiger partial charge in [-0.05, 0) is 40.9 Å². The van der Waals surface area contributed by atoms with Gasteiger partial charge in [-0.1, -0.05) is 0 Å². The third kappa shape index (κ3) is 2.34. The molecule has 1 aromatic heterocycles. The molecule has 90 valence electrons. The Labute approximate surface area is 115 Å². The van der Waals surface area contributed by atoms with E-state index in [1.807, 2.05) is 22.6 Å². The molecule has 1 amide bonds. The number of carbonyl (C=O) groups is 1. The highest BCUT2D eigenvalue weighted by atomic mass is 127. The number of imidazole rings is 1. The van der Waals surface area contributed by atoms with E-state index in [0.717, 1.165) is 5.52 Å². The van der Waals surface area contributed by atoms with E-state index in [1.54, 1.807) is 17.7 Å². The fourth-order valence-corrected chi connectivity index (χ4v) is 2.27. The van der Waals surface area contributed by atoms with Crippen LogP contribution in [0.4, 0.5) is 4.39 Å². The Balaban J connectivity index is 2.62. The summed E-state index contributed by atoms with van der Waals surface area (Å²) in [4.78, 5) is 14.3. The number of benzene rings is 1. The lowest BCUT2D eigenvalue weighted by Crippen LogP contribution is -2.23. The zero-order valence-corrected chi connectivity index (χ0v) is 11.9. The average molecular weight is 365 g/mol. The summed E-state index contributed by atoms with van der Waals surface area (Å²) in [6.07, 6.45) is 0. The van der Waals surface area contributed by atoms with Crippen molar-refractivity contribution in [1.82, 2.24) is 14.9 Å². The van der Waals surface area contributed by atoms with Gasteiger partial charge in [-0.3, -0.25) is 4.79 Å². The number of nitrogens with zero attached hydrogens (tertiary/aromatic N) is 1. The van der Waals surface area contributed by atoms with Crippen LogP contribution in [0.3, 0.4) is 0 Å². The predicted molar refractivity (Wildman–Crippen MR) is 73.9 cm³/mol. The van der Waals surface area contributed by atoms with Crippen LogP contribution in [0.2, 0.25) is 0 Å². The minimum absolute atomic E-state index is 0.0787. The molecule has 17 heavy (non-hydrogen) atoms. The molecular formula is C10H9FIN3OS. The summed E-state index contributed by atoms with van der Waals surface area (Å²) in [6.45, 7) is 0.0787. The largest absolute Gasteiger partial charge is 0.358 e. The second-order valence-corrected chi connectivity index (χ2v) is 5.02. The molecule has 0 fully saturated rings. The number of likely N-dealkylation sites (N-methyl/N-ethyl adjacent to an activating group) is 1. The monoisotopic (exact) mass is 365 g/mol. The van der Waals surface area contributed by atoms with Crippen LogP contribution in [0.1, 0.15) is 0 Å². The summed E-state index contributed by atoms with van der Waals surface area (Å²) in [5.74, 6) is -0.501. The molecule has 4 nitrogen and oxygen atoms in total. The molecule has 0 bridgehead atoms. The van der Waals surface area contributed by atoms with Crippen molar-refractivity contribution in [2.75, 3.05) is 7.05 Å². The van der Waals surface area contributed by atoms with Crippen LogP contribution < -0.4 is 5.32 Å². The van der Waals surface area contributed by atoms with Crippen molar-refractivity contribution in [2.24, 2.45) is 0 Å². The zero-order chi connectivity index (χ0) is 12.6. The normalized spacial score (nSPS) is 10.8. The van der Waals surface area contributed by atoms with E-state index in [4.69, 9.17) is 12.2 Å². The summed E-state index contributed by atoms with van der Waals surface area (Å²) in [5, 5.41) is 2.51. The van der Waals surface area contributed by atoms with Gasteiger partial charge in [-0.2, -0.15) is 0 Å². The first-order valence-corrected chi connectivity index (χ1v) is 6.29. The van der Waals surface area contributed by atoms with Crippen LogP contribution in [0, 0.1) is 14.2 Å². The van der Waals surface area contributed by atoms with E-state index in [2.05, 4.69) is 10.3 Å². The van der Waals surface area contributed by atoms with Crippen LogP contribution in [0.5, 0.6) is 0 Å². The summed E-state index contributed by atoms with van der Waals surface area (Å²) in [6, 6.07) is 3.05. The Hall–Kier alpha value is -0.960. The first-order valence-electron chi connectivity index (χ1n) is 4.81. The molecule has 0 atom stereocenters. The predicted octanol–water partition coefficient (Wildman–Crippen LogP) is 2.19. The number of hydrogen-bond acceptors (Lipinski definition) is 2. The van der Waals surface area contributed by atoms with Crippen molar-refractivity contribution in [3.63, 3.8) is 0 Å². The Bertz CT molecular complexity index is 649. The van der Waals surface area contributed by atoms with Crippen molar-refractivity contribution in [3.05, 3.63) is 26.3 Å². The van der Waals surface area contributed by atoms with Gasteiger partial charge >= 0.3 is 0 Å². The molecule has 2 aromatic rings. The molecule has 0 aliphatic heterocycles. The first-order chi connectivity index (χ1) is 8.02. The molecule has 0 spiro atoms. The number of fused-ring (bicyclic) bond motifs is 1. The molecule has 0 radical (unpaired) electrons. The van der Waals surface area contributed by atoms with Crippen molar-refractivity contribution < 1.29 is 9.18 Å². The minimum Gasteiger partial charge on any atom is -0.358 e. The Morgan fingerprint density at radius 2 is 2.35 bits per heavy atom. The summed E-state index contributed by atoms with van der Waals surface area (Å²) < 4.78 is 16.0. The van der Waals surface area contributed by atoms with Gasteiger partial charge in [0.1, 0.15) is 12.4 Å². The summed E-state index contributed by atoms with van der Waals surface area (Å²) in [7, 11) is 1.55. The van der Waals surface area contributed by atoms with Crippen molar-refractivity contribution in [1.29, 1.82) is 0 Å². The summed E-state index contributed by atoms with van der Waals surface area (Å²) >= 11 is 7.02. The number of nitrogens with one attached hydrogen (secondary N) is 2. The van der Waals surface area contributed by atoms with E-state index >= 15 is 0 Å². The second-order valence-electron chi connectivity index (χ2n) is 3.47. The first kappa shape index (κ1) is 12.5. The van der Waals surface area contributed by atoms with Gasteiger partial charge in [0, 0.05) is 13.1 Å². The molecule has 7 heteroatoms. The maximum absolute atomic E-state index is 13.5. The van der Waals surface area contributed by atoms with E-state index in [1.165, 1.54) is 6.07 Å². The second kappa shape index (κ2) is 4.73. The van der Waals surface area contributed by atoms with E-state index < -0.39 is 0 Å². The lowest BCUT2D eigenvalue weighted by Gasteiger charge is -2.03. The van der Waals surface area contributed by atoms with Crippen molar-refractivity contribution >= 4 is 51.7 Å². The van der Waals surface area contributed by atoms with Gasteiger partial charge < -0.3 is 14.9 Å². The average Bonchev–Trinajstić information content (AvgIpc) is 2.56. The molecule has 1 aromatic carbocycles. The number of rotatable bonds is 2. The van der Waals surface area contributed by atoms with Gasteiger partial charge in [0.25, 0.3) is 0 Å². The Morgan fingerprint density at radius 3 is 3.00 bits per heavy atom. The van der Waals surface area contributed by atoms with Gasteiger partial charge in [0.2, 0.25) is 5.91 Å². The van der Waals surface area contributed by atoms with Crippen LogP contribution >= 0.6 is 34.8 Å². The number of carbonyl (C=O) groups excluding carboxylic acids is 1. The lowest BCUT2D eigenvalue weighted by molar-refractivity contribution is -0.121. The van der Waals surface area contributed by atoms with Crippen LogP contribution in [-0.2, 0) is 11.3 Å². The quantitative estimate of drug-likeness (QED) is 0.633. The van der Waals surface area contributed by atoms with E-state index in [9.17, 15) is 9.18 Å². The maximum atomic E-state index is 13.5. The molecule has 2 rings (SSSR count). The Kier molecular flexibility index (Phi) is 3.48. The van der Waals surface area contributed by atoms with Crippen molar-refractivity contribution in [2.45, 2.75) is 6.54 Å². The molecule has 0 aliphatic carbocycles. The highest BCUT2D eigenvalue weighted by molar-refractivity contribution is 14.1. The number of aromatic nitrogens is 2. The van der Waals surface area contributed by atoms with E-state index in [-0.39, 0.29) is 18.3 Å². The van der Waals surface area contributed by atoms with E-state index in [0.29, 0.717) is 13.9 Å². The topological polar surface area (TPSA) is 49.8 Å². The maximum Gasteiger partial charge on any atom is 0.239 e. The standard InChI is InChI=1S/C10H9FIN3OS/c1-13-9(16)4-15-8-2-5(11)6(12)3-7(8)14-10(15)17/h2-3H,4H2,1H3,(H,13,16)(H,14,17). The molecule has 0 saturated heterocycles. The number of H-pyrrole nitrogens is 1. The zero-order valence-electron chi connectivity index (χ0n) is 8.88. The third-order valence-electron chi connectivity index (χ3n) is 2.40. The van der Waals surface area contributed by atoms with Crippen LogP contribution in [0.25, 0.3) is 11.0 Å². The number of halogens is 2. The highest BCUT2D eigenvalue weighted by Crippen LogP contribution is 2.20. The number of amides is 1. The molecular weight excluding hydrogens is 356 g/mol. The lowest BCUT2D eigenvalue weighted by atomic mass is 10.3. The molecule has 0 saturated carbocycles. The van der Waals surface area contributed by atoms with Gasteiger partial charge in [-0.25, -0.2) is 4.39 Å². The highest BCUT2D eigenvalue weighted by Gasteiger charge is 2.10. The SMILES string of the molecule is CNC(=O)Cn1c(=S)[nH]c2cc(I)c(F)cc21. The molecule has 0 aliphatic rings. The third-order valence-corrected chi connectivity index (χ3v) is 3.55. The van der Waals surface area contributed by atoms with Crippen molar-refractivity contribution in [3.8, 4) is 0 Å². The summed E-state index contributed by atoms with van der Waals surface area (Å²) in [5.41, 5.74) is 1.32. The van der Waals surface area contributed by atoms with Gasteiger partial charge in [0.15, 0.2) is 4.77 Å². The number of hydrogen-bond donors (Lipinski definition) is 2. The minimum atomic E-state index is -0.322. The van der Waals surface area contributed by atoms with Gasteiger partial charge in [-0.15, -0.1) is 0 Å². The molecule has 0 unspecified atom stereocenters. The van der Waals surface area contributed by atoms with Crippen LogP contribution in [-0.4, -0.2) is 22.5 Å². The fourth-order valence-electron chi connectivity index (χ4n) is 1.53. The molecule has 1 heterocycles. The fraction of sp³-hybridized carbons (Fsp3) is 0.200. The van der Waals surface area contributed by atoms with Gasteiger partial charge in [0.05, 0.1) is 14.6 Å². The molecule has 2 N–H and O–H groups in total. The smallest absolute Gasteiger partial charge is 0.239 e. The Morgan fingerprint density at radius 1 is 1.65 bits per heavy atom. The number of aromatic amines is 1.